The lowest BCUT2D eigenvalue weighted by atomic mass is 10.2. The number of aromatic hydroxyl groups is 1. The van der Waals surface area contributed by atoms with E-state index in [9.17, 15) is 5.11 Å². The number of hydrogen-bond donors (Lipinski definition) is 2. The molecule has 0 spiro atoms. The average Bonchev–Trinajstić information content (AvgIpc) is 2.47. The van der Waals surface area contributed by atoms with Gasteiger partial charge in [0.1, 0.15) is 17.1 Å². The summed E-state index contributed by atoms with van der Waals surface area (Å²) in [6.45, 7) is 0.363. The summed E-state index contributed by atoms with van der Waals surface area (Å²) < 4.78 is 6.16. The SMILES string of the molecule is NCc1cc2cc(O)cc(Br)c2o1. The molecule has 1 heterocycles. The number of phenols is 1. The van der Waals surface area contributed by atoms with Gasteiger partial charge in [-0.25, -0.2) is 0 Å². The van der Waals surface area contributed by atoms with E-state index < -0.39 is 0 Å². The number of rotatable bonds is 1. The minimum Gasteiger partial charge on any atom is -0.508 e. The predicted octanol–water partition coefficient (Wildman–Crippen LogP) is 2.36. The van der Waals surface area contributed by atoms with Crippen LogP contribution in [0.5, 0.6) is 5.75 Å². The van der Waals surface area contributed by atoms with Crippen molar-refractivity contribution in [2.24, 2.45) is 5.73 Å². The van der Waals surface area contributed by atoms with Gasteiger partial charge in [-0.1, -0.05) is 0 Å². The number of halogens is 1. The van der Waals surface area contributed by atoms with E-state index in [1.165, 1.54) is 0 Å². The van der Waals surface area contributed by atoms with Crippen LogP contribution in [-0.4, -0.2) is 5.11 Å². The Morgan fingerprint density at radius 3 is 2.85 bits per heavy atom. The smallest absolute Gasteiger partial charge is 0.148 e. The second kappa shape index (κ2) is 3.05. The topological polar surface area (TPSA) is 59.4 Å². The molecule has 0 unspecified atom stereocenters. The van der Waals surface area contributed by atoms with Crippen molar-refractivity contribution in [1.82, 2.24) is 0 Å². The Kier molecular flexibility index (Phi) is 2.01. The molecule has 3 nitrogen and oxygen atoms in total. The van der Waals surface area contributed by atoms with Gasteiger partial charge in [-0.05, 0) is 34.1 Å². The third-order valence-electron chi connectivity index (χ3n) is 1.81. The summed E-state index contributed by atoms with van der Waals surface area (Å²) in [5.41, 5.74) is 6.15. The highest BCUT2D eigenvalue weighted by molar-refractivity contribution is 9.10. The van der Waals surface area contributed by atoms with Crippen LogP contribution < -0.4 is 5.73 Å². The van der Waals surface area contributed by atoms with Gasteiger partial charge in [0.25, 0.3) is 0 Å². The van der Waals surface area contributed by atoms with Crippen molar-refractivity contribution in [3.8, 4) is 5.75 Å². The molecule has 68 valence electrons. The minimum absolute atomic E-state index is 0.212. The van der Waals surface area contributed by atoms with E-state index in [0.717, 1.165) is 15.4 Å². The van der Waals surface area contributed by atoms with Crippen molar-refractivity contribution >= 4 is 26.9 Å². The van der Waals surface area contributed by atoms with Crippen LogP contribution in [0.15, 0.2) is 27.1 Å². The van der Waals surface area contributed by atoms with Gasteiger partial charge in [0.15, 0.2) is 0 Å². The van der Waals surface area contributed by atoms with Crippen LogP contribution in [-0.2, 0) is 6.54 Å². The van der Waals surface area contributed by atoms with Crippen LogP contribution in [0.25, 0.3) is 11.0 Å². The fourth-order valence-corrected chi connectivity index (χ4v) is 1.79. The largest absolute Gasteiger partial charge is 0.508 e. The summed E-state index contributed by atoms with van der Waals surface area (Å²) in [7, 11) is 0. The van der Waals surface area contributed by atoms with Gasteiger partial charge in [0.05, 0.1) is 11.0 Å². The van der Waals surface area contributed by atoms with Crippen LogP contribution >= 0.6 is 15.9 Å². The summed E-state index contributed by atoms with van der Waals surface area (Å²) in [5.74, 6) is 0.921. The molecule has 0 radical (unpaired) electrons. The number of phenolic OH excluding ortho intramolecular Hbond substituents is 1. The molecule has 0 saturated heterocycles. The summed E-state index contributed by atoms with van der Waals surface area (Å²) in [6.07, 6.45) is 0. The van der Waals surface area contributed by atoms with Gasteiger partial charge in [0.2, 0.25) is 0 Å². The Morgan fingerprint density at radius 2 is 2.15 bits per heavy atom. The second-order valence-electron chi connectivity index (χ2n) is 2.76. The van der Waals surface area contributed by atoms with Crippen molar-refractivity contribution < 1.29 is 9.52 Å². The maximum absolute atomic E-state index is 9.29. The fraction of sp³-hybridized carbons (Fsp3) is 0.111. The maximum Gasteiger partial charge on any atom is 0.148 e. The second-order valence-corrected chi connectivity index (χ2v) is 3.62. The van der Waals surface area contributed by atoms with Crippen LogP contribution in [0.4, 0.5) is 0 Å². The fourth-order valence-electron chi connectivity index (χ4n) is 1.25. The Labute approximate surface area is 83.3 Å². The van der Waals surface area contributed by atoms with Gasteiger partial charge in [-0.15, -0.1) is 0 Å². The molecule has 0 aliphatic rings. The minimum atomic E-state index is 0.212. The van der Waals surface area contributed by atoms with E-state index in [1.54, 1.807) is 12.1 Å². The van der Waals surface area contributed by atoms with E-state index in [1.807, 2.05) is 6.07 Å². The molecule has 2 rings (SSSR count). The standard InChI is InChI=1S/C9H8BrNO2/c10-8-3-6(12)1-5-2-7(4-11)13-9(5)8/h1-3,12H,4,11H2. The van der Waals surface area contributed by atoms with Crippen molar-refractivity contribution in [3.05, 3.63) is 28.4 Å². The normalized spacial score (nSPS) is 10.9. The van der Waals surface area contributed by atoms with E-state index in [4.69, 9.17) is 10.2 Å². The molecule has 0 aliphatic heterocycles. The molecule has 0 saturated carbocycles. The third-order valence-corrected chi connectivity index (χ3v) is 2.40. The van der Waals surface area contributed by atoms with Crippen LogP contribution in [0, 0.1) is 0 Å². The Bertz CT molecular complexity index is 450. The lowest BCUT2D eigenvalue weighted by Crippen LogP contribution is -1.92. The van der Waals surface area contributed by atoms with E-state index in [0.29, 0.717) is 12.3 Å². The molecule has 0 bridgehead atoms. The van der Waals surface area contributed by atoms with E-state index in [2.05, 4.69) is 15.9 Å². The number of fused-ring (bicyclic) bond motifs is 1. The Hall–Kier alpha value is -1.00. The number of hydrogen-bond acceptors (Lipinski definition) is 3. The van der Waals surface area contributed by atoms with E-state index in [-0.39, 0.29) is 5.75 Å². The van der Waals surface area contributed by atoms with Gasteiger partial charge in [-0.3, -0.25) is 0 Å². The first kappa shape index (κ1) is 8.59. The zero-order chi connectivity index (χ0) is 9.42. The highest BCUT2D eigenvalue weighted by Gasteiger charge is 2.07. The van der Waals surface area contributed by atoms with Crippen molar-refractivity contribution in [2.45, 2.75) is 6.54 Å². The highest BCUT2D eigenvalue weighted by Crippen LogP contribution is 2.31. The molecule has 1 aromatic heterocycles. The molecule has 0 amide bonds. The first-order chi connectivity index (χ1) is 6.20. The maximum atomic E-state index is 9.29. The highest BCUT2D eigenvalue weighted by atomic mass is 79.9. The van der Waals surface area contributed by atoms with Gasteiger partial charge >= 0.3 is 0 Å². The number of nitrogens with two attached hydrogens (primary N) is 1. The molecule has 3 N–H and O–H groups in total. The third kappa shape index (κ3) is 1.43. The molecule has 0 aliphatic carbocycles. The molecular weight excluding hydrogens is 234 g/mol. The quantitative estimate of drug-likeness (QED) is 0.806. The average molecular weight is 242 g/mol. The molecule has 0 fully saturated rings. The number of benzene rings is 1. The van der Waals surface area contributed by atoms with Crippen LogP contribution in [0.3, 0.4) is 0 Å². The van der Waals surface area contributed by atoms with Crippen LogP contribution in [0.1, 0.15) is 5.76 Å². The molecule has 0 atom stereocenters. The van der Waals surface area contributed by atoms with Crippen LogP contribution in [0.2, 0.25) is 0 Å². The van der Waals surface area contributed by atoms with Gasteiger partial charge in [-0.2, -0.15) is 0 Å². The number of furan rings is 1. The molecule has 4 heteroatoms. The first-order valence-corrected chi connectivity index (χ1v) is 4.61. The molecular formula is C9H8BrNO2. The lowest BCUT2D eigenvalue weighted by Gasteiger charge is -1.94. The zero-order valence-electron chi connectivity index (χ0n) is 6.75. The molecule has 2 aromatic rings. The lowest BCUT2D eigenvalue weighted by molar-refractivity contribution is 0.475. The Morgan fingerprint density at radius 1 is 1.38 bits per heavy atom. The summed E-state index contributed by atoms with van der Waals surface area (Å²) in [5, 5.41) is 10.1. The summed E-state index contributed by atoms with van der Waals surface area (Å²) in [6, 6.07) is 5.05. The van der Waals surface area contributed by atoms with Gasteiger partial charge in [0, 0.05) is 5.39 Å². The van der Waals surface area contributed by atoms with Crippen molar-refractivity contribution in [1.29, 1.82) is 0 Å². The van der Waals surface area contributed by atoms with Crippen molar-refractivity contribution in [2.75, 3.05) is 0 Å². The zero-order valence-corrected chi connectivity index (χ0v) is 8.34. The van der Waals surface area contributed by atoms with E-state index >= 15 is 0 Å². The summed E-state index contributed by atoms with van der Waals surface area (Å²) >= 11 is 3.30. The molecule has 1 aromatic carbocycles. The molecule has 13 heavy (non-hydrogen) atoms. The van der Waals surface area contributed by atoms with Crippen molar-refractivity contribution in [3.63, 3.8) is 0 Å². The Balaban J connectivity index is 2.75. The monoisotopic (exact) mass is 241 g/mol. The summed E-state index contributed by atoms with van der Waals surface area (Å²) in [4.78, 5) is 0. The first-order valence-electron chi connectivity index (χ1n) is 3.81. The predicted molar refractivity (Wildman–Crippen MR) is 53.5 cm³/mol. The van der Waals surface area contributed by atoms with Gasteiger partial charge < -0.3 is 15.3 Å².